The van der Waals surface area contributed by atoms with Crippen molar-refractivity contribution < 1.29 is 9.47 Å². The van der Waals surface area contributed by atoms with Crippen LogP contribution in [0.15, 0.2) is 54.6 Å². The highest BCUT2D eigenvalue weighted by molar-refractivity contribution is 14.1. The largest absolute Gasteiger partial charge is 0.465 e. The van der Waals surface area contributed by atoms with Gasteiger partial charge >= 0.3 is 0 Å². The van der Waals surface area contributed by atoms with Gasteiger partial charge in [-0.15, -0.1) is 0 Å². The van der Waals surface area contributed by atoms with Gasteiger partial charge in [-0.05, 0) is 23.3 Å². The number of benzene rings is 2. The number of hydrogen-bond acceptors (Lipinski definition) is 2. The van der Waals surface area contributed by atoms with Crippen molar-refractivity contribution in [2.75, 3.05) is 4.43 Å². The van der Waals surface area contributed by atoms with E-state index in [1.165, 1.54) is 5.56 Å². The Balaban J connectivity index is 1.96. The minimum atomic E-state index is -0.249. The lowest BCUT2D eigenvalue weighted by Gasteiger charge is -2.23. The second-order valence-corrected chi connectivity index (χ2v) is 8.10. The van der Waals surface area contributed by atoms with Gasteiger partial charge in [-0.3, -0.25) is 0 Å². The highest BCUT2D eigenvalue weighted by Gasteiger charge is 2.16. The molecular formula is C19H22I2O2. The third-order valence-corrected chi connectivity index (χ3v) is 7.16. The van der Waals surface area contributed by atoms with Crippen LogP contribution in [0.3, 0.4) is 0 Å². The van der Waals surface area contributed by atoms with Gasteiger partial charge in [-0.1, -0.05) is 101 Å². The zero-order chi connectivity index (χ0) is 16.7. The summed E-state index contributed by atoms with van der Waals surface area (Å²) in [6, 6.07) is 18.5. The second-order valence-electron chi connectivity index (χ2n) is 5.72. The molecule has 2 nitrogen and oxygen atoms in total. The summed E-state index contributed by atoms with van der Waals surface area (Å²) >= 11 is 4.88. The molecule has 0 radical (unpaired) electrons. The van der Waals surface area contributed by atoms with Crippen LogP contribution < -0.4 is 4.74 Å². The number of halogens is 2. The van der Waals surface area contributed by atoms with Crippen LogP contribution in [-0.2, 0) is 11.3 Å². The first-order chi connectivity index (χ1) is 11.1. The lowest BCUT2D eigenvalue weighted by Crippen LogP contribution is -2.26. The van der Waals surface area contributed by atoms with E-state index in [1.807, 2.05) is 30.3 Å². The molecule has 0 amide bonds. The molecule has 124 valence electrons. The fourth-order valence-corrected chi connectivity index (χ4v) is 3.02. The lowest BCUT2D eigenvalue weighted by molar-refractivity contribution is -0.116. The molecule has 23 heavy (non-hydrogen) atoms. The summed E-state index contributed by atoms with van der Waals surface area (Å²) in [7, 11) is 0. The molecule has 0 aliphatic carbocycles. The third-order valence-electron chi connectivity index (χ3n) is 3.43. The first-order valence-electron chi connectivity index (χ1n) is 7.72. The van der Waals surface area contributed by atoms with E-state index in [0.29, 0.717) is 10.5 Å². The summed E-state index contributed by atoms with van der Waals surface area (Å²) in [5.41, 5.74) is 2.49. The van der Waals surface area contributed by atoms with E-state index in [2.05, 4.69) is 83.3 Å². The zero-order valence-electron chi connectivity index (χ0n) is 13.4. The van der Waals surface area contributed by atoms with Gasteiger partial charge in [0.1, 0.15) is 5.75 Å². The number of hydrogen-bond donors (Lipinski definition) is 0. The Bertz CT molecular complexity index is 570. The molecule has 0 heterocycles. The minimum Gasteiger partial charge on any atom is -0.465 e. The molecule has 2 unspecified atom stereocenters. The molecule has 0 saturated heterocycles. The van der Waals surface area contributed by atoms with Crippen molar-refractivity contribution in [3.63, 3.8) is 0 Å². The van der Waals surface area contributed by atoms with Crippen molar-refractivity contribution in [3.05, 3.63) is 65.7 Å². The van der Waals surface area contributed by atoms with Crippen molar-refractivity contribution >= 4 is 45.2 Å². The maximum atomic E-state index is 6.04. The molecule has 2 rings (SSSR count). The molecule has 0 spiro atoms. The highest BCUT2D eigenvalue weighted by atomic mass is 127. The van der Waals surface area contributed by atoms with Gasteiger partial charge in [0.15, 0.2) is 0 Å². The van der Waals surface area contributed by atoms with Crippen molar-refractivity contribution in [1.82, 2.24) is 0 Å². The van der Waals surface area contributed by atoms with Crippen LogP contribution in [0.4, 0.5) is 0 Å². The van der Waals surface area contributed by atoms with E-state index in [-0.39, 0.29) is 12.2 Å². The van der Waals surface area contributed by atoms with Crippen LogP contribution >= 0.6 is 45.2 Å². The van der Waals surface area contributed by atoms with Crippen LogP contribution in [-0.4, -0.2) is 10.7 Å². The van der Waals surface area contributed by atoms with Crippen LogP contribution in [0, 0.1) is 5.92 Å². The van der Waals surface area contributed by atoms with E-state index in [0.717, 1.165) is 15.7 Å². The lowest BCUT2D eigenvalue weighted by atomic mass is 10.1. The molecule has 0 aliphatic heterocycles. The average molecular weight is 536 g/mol. The summed E-state index contributed by atoms with van der Waals surface area (Å²) in [5.74, 6) is 1.14. The highest BCUT2D eigenvalue weighted by Crippen LogP contribution is 2.27. The summed E-state index contributed by atoms with van der Waals surface area (Å²) in [5, 5.41) is 0. The number of alkyl halides is 2. The van der Waals surface area contributed by atoms with Gasteiger partial charge in [-0.25, -0.2) is 0 Å². The van der Waals surface area contributed by atoms with Crippen LogP contribution in [0.5, 0.6) is 5.75 Å². The third kappa shape index (κ3) is 6.23. The van der Waals surface area contributed by atoms with Crippen LogP contribution in [0.2, 0.25) is 0 Å². The number of rotatable bonds is 8. The average Bonchev–Trinajstić information content (AvgIpc) is 2.59. The maximum absolute atomic E-state index is 6.04. The molecule has 0 aromatic heterocycles. The van der Waals surface area contributed by atoms with Crippen molar-refractivity contribution in [2.45, 2.75) is 30.7 Å². The van der Waals surface area contributed by atoms with Crippen LogP contribution in [0.1, 0.15) is 28.9 Å². The van der Waals surface area contributed by atoms with E-state index in [9.17, 15) is 0 Å². The molecule has 0 aliphatic rings. The smallest absolute Gasteiger partial charge is 0.202 e. The standard InChI is InChI=1S/C19H22I2O2/c1-14(2)19(22-13-15-6-4-3-5-7-15)23-17-10-8-16(9-11-17)18(21)12-20/h3-11,14,18-19H,12-13H2,1-2H3. The predicted molar refractivity (Wildman–Crippen MR) is 113 cm³/mol. The molecule has 0 fully saturated rings. The summed E-state index contributed by atoms with van der Waals surface area (Å²) in [4.78, 5) is 0. The van der Waals surface area contributed by atoms with Crippen molar-refractivity contribution in [3.8, 4) is 5.75 Å². The Morgan fingerprint density at radius 3 is 2.17 bits per heavy atom. The molecule has 0 saturated carbocycles. The fraction of sp³-hybridized carbons (Fsp3) is 0.368. The van der Waals surface area contributed by atoms with E-state index >= 15 is 0 Å². The Labute approximate surface area is 166 Å². The van der Waals surface area contributed by atoms with Crippen molar-refractivity contribution in [2.24, 2.45) is 5.92 Å². The zero-order valence-corrected chi connectivity index (χ0v) is 17.7. The second kappa shape index (κ2) is 9.84. The van der Waals surface area contributed by atoms with E-state index < -0.39 is 0 Å². The van der Waals surface area contributed by atoms with Gasteiger partial charge in [0.25, 0.3) is 0 Å². The maximum Gasteiger partial charge on any atom is 0.202 e. The van der Waals surface area contributed by atoms with Crippen molar-refractivity contribution in [1.29, 1.82) is 0 Å². The number of ether oxygens (including phenoxy) is 2. The van der Waals surface area contributed by atoms with Gasteiger partial charge in [0, 0.05) is 14.3 Å². The summed E-state index contributed by atoms with van der Waals surface area (Å²) in [6.45, 7) is 4.79. The topological polar surface area (TPSA) is 18.5 Å². The molecule has 2 atom stereocenters. The first-order valence-corrected chi connectivity index (χ1v) is 10.5. The SMILES string of the molecule is CC(C)C(OCc1ccccc1)Oc1ccc(C(I)CI)cc1. The van der Waals surface area contributed by atoms with E-state index in [1.54, 1.807) is 0 Å². The molecule has 0 bridgehead atoms. The summed E-state index contributed by atoms with van der Waals surface area (Å²) < 4.78 is 13.7. The monoisotopic (exact) mass is 536 g/mol. The van der Waals surface area contributed by atoms with Gasteiger partial charge in [-0.2, -0.15) is 0 Å². The molecular weight excluding hydrogens is 514 g/mol. The molecule has 4 heteroatoms. The van der Waals surface area contributed by atoms with Crippen LogP contribution in [0.25, 0.3) is 0 Å². The first kappa shape index (κ1) is 19.0. The minimum absolute atomic E-state index is 0.249. The Morgan fingerprint density at radius 1 is 0.957 bits per heavy atom. The predicted octanol–water partition coefficient (Wildman–Crippen LogP) is 6.18. The van der Waals surface area contributed by atoms with Gasteiger partial charge in [0.2, 0.25) is 6.29 Å². The Kier molecular flexibility index (Phi) is 8.12. The Morgan fingerprint density at radius 2 is 1.61 bits per heavy atom. The van der Waals surface area contributed by atoms with E-state index in [4.69, 9.17) is 9.47 Å². The fourth-order valence-electron chi connectivity index (χ4n) is 2.09. The van der Waals surface area contributed by atoms with Gasteiger partial charge < -0.3 is 9.47 Å². The normalized spacial score (nSPS) is 13.8. The van der Waals surface area contributed by atoms with Gasteiger partial charge in [0.05, 0.1) is 6.61 Å². The molecule has 2 aromatic carbocycles. The molecule has 0 N–H and O–H groups in total. The Hall–Kier alpha value is -0.340. The quantitative estimate of drug-likeness (QED) is 0.228. The molecule has 2 aromatic rings. The summed E-state index contributed by atoms with van der Waals surface area (Å²) in [6.07, 6.45) is -0.249.